The van der Waals surface area contributed by atoms with Crippen LogP contribution in [-0.4, -0.2) is 47.9 Å². The van der Waals surface area contributed by atoms with Gasteiger partial charge in [-0.25, -0.2) is 0 Å². The summed E-state index contributed by atoms with van der Waals surface area (Å²) in [4.78, 5) is 16.0. The van der Waals surface area contributed by atoms with Crippen molar-refractivity contribution in [1.82, 2.24) is 9.80 Å². The van der Waals surface area contributed by atoms with Gasteiger partial charge in [0.05, 0.1) is 12.6 Å². The number of rotatable bonds is 7. The van der Waals surface area contributed by atoms with Gasteiger partial charge in [0.2, 0.25) is 5.91 Å². The molecule has 16 heavy (non-hydrogen) atoms. The van der Waals surface area contributed by atoms with Crippen molar-refractivity contribution in [2.45, 2.75) is 39.2 Å². The van der Waals surface area contributed by atoms with Crippen molar-refractivity contribution in [2.24, 2.45) is 0 Å². The summed E-state index contributed by atoms with van der Waals surface area (Å²) in [6, 6.07) is 2.61. The molecular weight excluding hydrogens is 202 g/mol. The highest BCUT2D eigenvalue weighted by Crippen LogP contribution is 2.26. The molecule has 1 amide bonds. The van der Waals surface area contributed by atoms with Gasteiger partial charge in [-0.1, -0.05) is 6.92 Å². The standard InChI is InChI=1S/C12H21N3O/c1-3-14(9-5-8-13)10-12(16)15(4-2)11-6-7-11/h11H,3-7,9-10H2,1-2H3. The summed E-state index contributed by atoms with van der Waals surface area (Å²) in [5, 5.41) is 8.53. The van der Waals surface area contributed by atoms with Crippen LogP contribution in [0.15, 0.2) is 0 Å². The lowest BCUT2D eigenvalue weighted by atomic mass is 10.3. The van der Waals surface area contributed by atoms with E-state index in [4.69, 9.17) is 5.26 Å². The number of hydrogen-bond donors (Lipinski definition) is 0. The second-order valence-electron chi connectivity index (χ2n) is 4.19. The fourth-order valence-corrected chi connectivity index (χ4v) is 1.86. The van der Waals surface area contributed by atoms with Crippen LogP contribution in [0.4, 0.5) is 0 Å². The Hall–Kier alpha value is -1.08. The van der Waals surface area contributed by atoms with E-state index >= 15 is 0 Å². The molecule has 0 spiro atoms. The zero-order valence-electron chi connectivity index (χ0n) is 10.3. The molecule has 0 radical (unpaired) electrons. The van der Waals surface area contributed by atoms with Crippen molar-refractivity contribution in [2.75, 3.05) is 26.2 Å². The second kappa shape index (κ2) is 6.49. The molecule has 90 valence electrons. The Morgan fingerprint density at radius 1 is 1.38 bits per heavy atom. The minimum Gasteiger partial charge on any atom is -0.339 e. The average molecular weight is 223 g/mol. The lowest BCUT2D eigenvalue weighted by molar-refractivity contribution is -0.132. The van der Waals surface area contributed by atoms with Crippen LogP contribution in [-0.2, 0) is 4.79 Å². The highest BCUT2D eigenvalue weighted by Gasteiger charge is 2.31. The Bertz CT molecular complexity index is 268. The van der Waals surface area contributed by atoms with E-state index in [0.717, 1.165) is 25.9 Å². The van der Waals surface area contributed by atoms with E-state index in [1.165, 1.54) is 0 Å². The van der Waals surface area contributed by atoms with Gasteiger partial charge in [0.15, 0.2) is 0 Å². The van der Waals surface area contributed by atoms with E-state index < -0.39 is 0 Å². The first-order valence-electron chi connectivity index (χ1n) is 6.11. The third-order valence-electron chi connectivity index (χ3n) is 2.99. The molecule has 0 N–H and O–H groups in total. The number of amides is 1. The second-order valence-corrected chi connectivity index (χ2v) is 4.19. The largest absolute Gasteiger partial charge is 0.339 e. The zero-order chi connectivity index (χ0) is 12.0. The molecule has 1 aliphatic rings. The van der Waals surface area contributed by atoms with E-state index in [-0.39, 0.29) is 5.91 Å². The predicted octanol–water partition coefficient (Wildman–Crippen LogP) is 1.23. The molecule has 0 aromatic carbocycles. The molecule has 1 fully saturated rings. The summed E-state index contributed by atoms with van der Waals surface area (Å²) >= 11 is 0. The summed E-state index contributed by atoms with van der Waals surface area (Å²) in [5.74, 6) is 0.213. The smallest absolute Gasteiger partial charge is 0.236 e. The number of nitriles is 1. The number of likely N-dealkylation sites (N-methyl/N-ethyl adjacent to an activating group) is 2. The first-order chi connectivity index (χ1) is 7.72. The van der Waals surface area contributed by atoms with Gasteiger partial charge in [0.25, 0.3) is 0 Å². The highest BCUT2D eigenvalue weighted by atomic mass is 16.2. The summed E-state index contributed by atoms with van der Waals surface area (Å²) in [6.45, 7) is 6.85. The Morgan fingerprint density at radius 2 is 2.06 bits per heavy atom. The monoisotopic (exact) mass is 223 g/mol. The van der Waals surface area contributed by atoms with Crippen LogP contribution in [0, 0.1) is 11.3 Å². The van der Waals surface area contributed by atoms with Crippen molar-refractivity contribution in [1.29, 1.82) is 5.26 Å². The third-order valence-corrected chi connectivity index (χ3v) is 2.99. The van der Waals surface area contributed by atoms with Gasteiger partial charge in [-0.2, -0.15) is 5.26 Å². The molecule has 0 saturated heterocycles. The first-order valence-corrected chi connectivity index (χ1v) is 6.11. The van der Waals surface area contributed by atoms with Crippen molar-refractivity contribution >= 4 is 5.91 Å². The lowest BCUT2D eigenvalue weighted by Gasteiger charge is -2.25. The number of carbonyl (C=O) groups excluding carboxylic acids is 1. The number of hydrogen-bond acceptors (Lipinski definition) is 3. The molecule has 0 aromatic heterocycles. The zero-order valence-corrected chi connectivity index (χ0v) is 10.3. The first kappa shape index (κ1) is 13.0. The molecule has 0 unspecified atom stereocenters. The van der Waals surface area contributed by atoms with Crippen LogP contribution in [0.2, 0.25) is 0 Å². The molecule has 4 heteroatoms. The van der Waals surface area contributed by atoms with Gasteiger partial charge in [0, 0.05) is 25.6 Å². The Labute approximate surface area is 97.8 Å². The molecule has 0 aliphatic heterocycles. The van der Waals surface area contributed by atoms with Gasteiger partial charge in [-0.15, -0.1) is 0 Å². The molecule has 1 saturated carbocycles. The van der Waals surface area contributed by atoms with Crippen molar-refractivity contribution in [3.63, 3.8) is 0 Å². The van der Waals surface area contributed by atoms with Crippen molar-refractivity contribution in [3.8, 4) is 6.07 Å². The molecule has 0 atom stereocenters. The summed E-state index contributed by atoms with van der Waals surface area (Å²) in [5.41, 5.74) is 0. The van der Waals surface area contributed by atoms with E-state index in [1.807, 2.05) is 23.6 Å². The van der Waals surface area contributed by atoms with Crippen LogP contribution < -0.4 is 0 Å². The normalized spacial score (nSPS) is 14.9. The topological polar surface area (TPSA) is 47.3 Å². The Kier molecular flexibility index (Phi) is 5.27. The van der Waals surface area contributed by atoms with Crippen LogP contribution in [0.3, 0.4) is 0 Å². The third kappa shape index (κ3) is 3.82. The minimum atomic E-state index is 0.213. The molecular formula is C12H21N3O. The number of nitrogens with zero attached hydrogens (tertiary/aromatic N) is 3. The lowest BCUT2D eigenvalue weighted by Crippen LogP contribution is -2.41. The van der Waals surface area contributed by atoms with E-state index in [9.17, 15) is 4.79 Å². The van der Waals surface area contributed by atoms with Gasteiger partial charge in [-0.3, -0.25) is 9.69 Å². The average Bonchev–Trinajstić information content (AvgIpc) is 3.09. The highest BCUT2D eigenvalue weighted by molar-refractivity contribution is 5.78. The maximum atomic E-state index is 12.0. The van der Waals surface area contributed by atoms with Crippen LogP contribution in [0.1, 0.15) is 33.1 Å². The summed E-state index contributed by atoms with van der Waals surface area (Å²) in [7, 11) is 0. The van der Waals surface area contributed by atoms with E-state index in [1.54, 1.807) is 0 Å². The Morgan fingerprint density at radius 3 is 2.50 bits per heavy atom. The maximum Gasteiger partial charge on any atom is 0.236 e. The van der Waals surface area contributed by atoms with Crippen LogP contribution >= 0.6 is 0 Å². The Balaban J connectivity index is 2.37. The SMILES string of the molecule is CCN(CCC#N)CC(=O)N(CC)C1CC1. The van der Waals surface area contributed by atoms with Gasteiger partial charge < -0.3 is 4.90 Å². The van der Waals surface area contributed by atoms with Crippen molar-refractivity contribution in [3.05, 3.63) is 0 Å². The minimum absolute atomic E-state index is 0.213. The predicted molar refractivity (Wildman–Crippen MR) is 62.8 cm³/mol. The molecule has 0 heterocycles. The van der Waals surface area contributed by atoms with Crippen LogP contribution in [0.25, 0.3) is 0 Å². The summed E-state index contributed by atoms with van der Waals surface area (Å²) in [6.07, 6.45) is 2.81. The number of carbonyl (C=O) groups is 1. The van der Waals surface area contributed by atoms with Gasteiger partial charge >= 0.3 is 0 Å². The molecule has 1 aliphatic carbocycles. The molecule has 4 nitrogen and oxygen atoms in total. The quantitative estimate of drug-likeness (QED) is 0.652. The van der Waals surface area contributed by atoms with E-state index in [0.29, 0.717) is 25.6 Å². The van der Waals surface area contributed by atoms with Crippen molar-refractivity contribution < 1.29 is 4.79 Å². The fraction of sp³-hybridized carbons (Fsp3) is 0.833. The fourth-order valence-electron chi connectivity index (χ4n) is 1.86. The maximum absolute atomic E-state index is 12.0. The molecule has 0 bridgehead atoms. The van der Waals surface area contributed by atoms with Crippen LogP contribution in [0.5, 0.6) is 0 Å². The van der Waals surface area contributed by atoms with E-state index in [2.05, 4.69) is 6.07 Å². The van der Waals surface area contributed by atoms with Gasteiger partial charge in [-0.05, 0) is 26.3 Å². The van der Waals surface area contributed by atoms with Gasteiger partial charge in [0.1, 0.15) is 0 Å². The molecule has 0 aromatic rings. The summed E-state index contributed by atoms with van der Waals surface area (Å²) < 4.78 is 0. The molecule has 1 rings (SSSR count).